The Balaban J connectivity index is 2.15. The summed E-state index contributed by atoms with van der Waals surface area (Å²) < 4.78 is 0. The van der Waals surface area contributed by atoms with Crippen LogP contribution in [0.3, 0.4) is 0 Å². The van der Waals surface area contributed by atoms with Crippen molar-refractivity contribution in [1.29, 1.82) is 0 Å². The van der Waals surface area contributed by atoms with Crippen molar-refractivity contribution in [3.8, 4) is 0 Å². The highest BCUT2D eigenvalue weighted by Crippen LogP contribution is 2.65. The average molecular weight is 178 g/mol. The monoisotopic (exact) mass is 178 g/mol. The van der Waals surface area contributed by atoms with E-state index in [2.05, 4.69) is 34.6 Å². The molecule has 74 valence electrons. The molecule has 1 saturated heterocycles. The van der Waals surface area contributed by atoms with Gasteiger partial charge in [-0.25, -0.2) is 0 Å². The third-order valence-corrected chi connectivity index (χ3v) is 5.37. The lowest BCUT2D eigenvalue weighted by Gasteiger charge is -2.35. The first-order valence-electron chi connectivity index (χ1n) is 5.77. The van der Waals surface area contributed by atoms with Crippen LogP contribution in [-0.2, 0) is 0 Å². The molecule has 0 nitrogen and oxygen atoms in total. The Bertz CT molecular complexity index is 207. The van der Waals surface area contributed by atoms with Crippen LogP contribution in [0.15, 0.2) is 0 Å². The van der Waals surface area contributed by atoms with Crippen molar-refractivity contribution in [3.05, 3.63) is 0 Å². The third kappa shape index (κ3) is 1.35. The fraction of sp³-hybridized carbons (Fsp3) is 1.00. The molecule has 1 saturated carbocycles. The Labute approximate surface area is 83.6 Å². The van der Waals surface area contributed by atoms with Gasteiger partial charge in [0.25, 0.3) is 0 Å². The summed E-state index contributed by atoms with van der Waals surface area (Å²) in [4.78, 5) is 0. The molecule has 0 unspecified atom stereocenters. The van der Waals surface area contributed by atoms with Gasteiger partial charge in [0.05, 0.1) is 0 Å². The van der Waals surface area contributed by atoms with Gasteiger partial charge in [-0.3, -0.25) is 0 Å². The van der Waals surface area contributed by atoms with Crippen molar-refractivity contribution in [2.24, 2.45) is 10.8 Å². The molecule has 2 aliphatic rings. The lowest BCUT2D eigenvalue weighted by Crippen LogP contribution is -2.24. The van der Waals surface area contributed by atoms with Crippen LogP contribution in [0.2, 0.25) is 18.0 Å². The molecule has 0 bridgehead atoms. The Kier molecular flexibility index (Phi) is 1.74. The van der Waals surface area contributed by atoms with E-state index in [1.165, 1.54) is 25.5 Å². The smallest absolute Gasteiger partial charge is 0.0680 e. The summed E-state index contributed by atoms with van der Waals surface area (Å²) in [5.41, 5.74) is 1.12. The average Bonchev–Trinajstić information content (AvgIpc) is 2.61. The first-order valence-corrected chi connectivity index (χ1v) is 5.77. The van der Waals surface area contributed by atoms with Crippen molar-refractivity contribution in [1.82, 2.24) is 0 Å². The molecule has 13 heavy (non-hydrogen) atoms. The molecule has 0 aromatic rings. The summed E-state index contributed by atoms with van der Waals surface area (Å²) in [6.07, 6.45) is 5.89. The Morgan fingerprint density at radius 3 is 1.46 bits per heavy atom. The summed E-state index contributed by atoms with van der Waals surface area (Å²) in [7, 11) is 0. The molecule has 1 aliphatic carbocycles. The molecule has 0 amide bonds. The van der Waals surface area contributed by atoms with Crippen molar-refractivity contribution >= 4 is 6.71 Å². The third-order valence-electron chi connectivity index (χ3n) is 5.37. The minimum Gasteiger partial charge on any atom is -0.0680 e. The standard InChI is InChI=1S/C12H23B/c1-10(2)8-13(9-11(10,3)4)12(5)6-7-12/h6-9H2,1-5H3. The number of hydrogen-bond acceptors (Lipinski definition) is 0. The van der Waals surface area contributed by atoms with E-state index in [4.69, 9.17) is 0 Å². The number of rotatable bonds is 1. The van der Waals surface area contributed by atoms with Gasteiger partial charge < -0.3 is 0 Å². The molecule has 0 atom stereocenters. The summed E-state index contributed by atoms with van der Waals surface area (Å²) in [5, 5.41) is 0.741. The molecular formula is C12H23B. The second-order valence-corrected chi connectivity index (χ2v) is 7.03. The first-order chi connectivity index (χ1) is 5.77. The van der Waals surface area contributed by atoms with Crippen LogP contribution in [0.4, 0.5) is 0 Å². The maximum absolute atomic E-state index is 2.50. The molecule has 0 aromatic heterocycles. The van der Waals surface area contributed by atoms with Crippen LogP contribution in [0.5, 0.6) is 0 Å². The molecular weight excluding hydrogens is 155 g/mol. The molecule has 0 aromatic carbocycles. The van der Waals surface area contributed by atoms with Crippen molar-refractivity contribution in [3.63, 3.8) is 0 Å². The van der Waals surface area contributed by atoms with E-state index in [1.807, 2.05) is 0 Å². The lowest BCUT2D eigenvalue weighted by molar-refractivity contribution is 0.177. The van der Waals surface area contributed by atoms with E-state index in [1.54, 1.807) is 0 Å². The van der Waals surface area contributed by atoms with Gasteiger partial charge in [0.1, 0.15) is 6.71 Å². The maximum Gasteiger partial charge on any atom is 0.147 e. The second-order valence-electron chi connectivity index (χ2n) is 7.03. The topological polar surface area (TPSA) is 0 Å². The van der Waals surface area contributed by atoms with E-state index in [9.17, 15) is 0 Å². The molecule has 2 rings (SSSR count). The summed E-state index contributed by atoms with van der Waals surface area (Å²) in [6, 6.07) is 0. The van der Waals surface area contributed by atoms with Gasteiger partial charge in [-0.15, -0.1) is 0 Å². The van der Waals surface area contributed by atoms with Crippen LogP contribution in [0.25, 0.3) is 0 Å². The largest absolute Gasteiger partial charge is 0.147 e. The van der Waals surface area contributed by atoms with Crippen molar-refractivity contribution < 1.29 is 0 Å². The second kappa shape index (κ2) is 2.35. The van der Waals surface area contributed by atoms with Gasteiger partial charge in [0.2, 0.25) is 0 Å². The summed E-state index contributed by atoms with van der Waals surface area (Å²) in [6.45, 7) is 13.3. The molecule has 1 aliphatic heterocycles. The summed E-state index contributed by atoms with van der Waals surface area (Å²) >= 11 is 0. The van der Waals surface area contributed by atoms with Gasteiger partial charge in [-0.1, -0.05) is 65.4 Å². The Hall–Kier alpha value is 0.0649. The van der Waals surface area contributed by atoms with Crippen LogP contribution >= 0.6 is 0 Å². The fourth-order valence-electron chi connectivity index (χ4n) is 2.95. The van der Waals surface area contributed by atoms with Gasteiger partial charge in [0, 0.05) is 0 Å². The van der Waals surface area contributed by atoms with E-state index < -0.39 is 0 Å². The highest BCUT2D eigenvalue weighted by Gasteiger charge is 2.57. The van der Waals surface area contributed by atoms with E-state index in [-0.39, 0.29) is 0 Å². The van der Waals surface area contributed by atoms with Gasteiger partial charge in [-0.2, -0.15) is 0 Å². The fourth-order valence-corrected chi connectivity index (χ4v) is 2.95. The zero-order valence-electron chi connectivity index (χ0n) is 9.91. The van der Waals surface area contributed by atoms with Crippen LogP contribution in [0, 0.1) is 10.8 Å². The predicted molar refractivity (Wildman–Crippen MR) is 60.5 cm³/mol. The molecule has 1 heterocycles. The zero-order valence-corrected chi connectivity index (χ0v) is 9.91. The van der Waals surface area contributed by atoms with E-state index in [0.29, 0.717) is 10.8 Å². The molecule has 2 fully saturated rings. The van der Waals surface area contributed by atoms with Gasteiger partial charge in [0.15, 0.2) is 0 Å². The quantitative estimate of drug-likeness (QED) is 0.530. The zero-order chi connectivity index (χ0) is 9.91. The molecule has 0 radical (unpaired) electrons. The Morgan fingerprint density at radius 1 is 0.769 bits per heavy atom. The minimum absolute atomic E-state index is 0.559. The van der Waals surface area contributed by atoms with Crippen molar-refractivity contribution in [2.75, 3.05) is 0 Å². The molecule has 1 heteroatoms. The molecule has 0 spiro atoms. The summed E-state index contributed by atoms with van der Waals surface area (Å²) in [5.74, 6) is 0. The van der Waals surface area contributed by atoms with E-state index in [0.717, 1.165) is 12.0 Å². The lowest BCUT2D eigenvalue weighted by atomic mass is 9.36. The normalized spacial score (nSPS) is 33.5. The highest BCUT2D eigenvalue weighted by atomic mass is 14.5. The van der Waals surface area contributed by atoms with Crippen LogP contribution in [0.1, 0.15) is 47.5 Å². The Morgan fingerprint density at radius 2 is 1.15 bits per heavy atom. The van der Waals surface area contributed by atoms with Crippen LogP contribution < -0.4 is 0 Å². The first kappa shape index (κ1) is 9.61. The SMILES string of the molecule is CC1(B2CC(C)(C)C(C)(C)C2)CC1. The highest BCUT2D eigenvalue weighted by molar-refractivity contribution is 6.64. The van der Waals surface area contributed by atoms with Crippen LogP contribution in [-0.4, -0.2) is 6.71 Å². The van der Waals surface area contributed by atoms with E-state index >= 15 is 0 Å². The van der Waals surface area contributed by atoms with Crippen molar-refractivity contribution in [2.45, 2.75) is 65.4 Å². The minimum atomic E-state index is 0.559. The maximum atomic E-state index is 2.50. The predicted octanol–water partition coefficient (Wildman–Crippen LogP) is 4.10. The van der Waals surface area contributed by atoms with Gasteiger partial charge >= 0.3 is 0 Å². The number of hydrogen-bond donors (Lipinski definition) is 0. The molecule has 0 N–H and O–H groups in total. The van der Waals surface area contributed by atoms with Gasteiger partial charge in [-0.05, 0) is 10.8 Å².